The summed E-state index contributed by atoms with van der Waals surface area (Å²) in [6.07, 6.45) is 0. The van der Waals surface area contributed by atoms with Gasteiger partial charge in [-0.25, -0.2) is 0 Å². The summed E-state index contributed by atoms with van der Waals surface area (Å²) in [5.74, 6) is 1.85. The van der Waals surface area contributed by atoms with Crippen LogP contribution in [-0.2, 0) is 0 Å². The lowest BCUT2D eigenvalue weighted by molar-refractivity contribution is 1.31. The van der Waals surface area contributed by atoms with Crippen LogP contribution in [0.3, 0.4) is 0 Å². The number of nitrogens with two attached hydrogens (primary N) is 2. The summed E-state index contributed by atoms with van der Waals surface area (Å²) in [7, 11) is 0. The van der Waals surface area contributed by atoms with Crippen LogP contribution in [-0.4, -0.2) is 20.5 Å². The fourth-order valence-corrected chi connectivity index (χ4v) is 2.04. The van der Waals surface area contributed by atoms with Crippen LogP contribution in [0.5, 0.6) is 0 Å². The highest BCUT2D eigenvalue weighted by molar-refractivity contribution is 8.23. The van der Waals surface area contributed by atoms with Crippen LogP contribution < -0.4 is 11.5 Å². The monoisotopic (exact) mass is 214 g/mol. The van der Waals surface area contributed by atoms with Crippen molar-refractivity contribution in [3.05, 3.63) is 0 Å². The predicted octanol–water partition coefficient (Wildman–Crippen LogP) is 0.869. The van der Waals surface area contributed by atoms with Crippen LogP contribution in [0, 0.1) is 0 Å². The second kappa shape index (κ2) is 6.60. The Kier molecular flexibility index (Phi) is 7.19. The van der Waals surface area contributed by atoms with E-state index in [2.05, 4.69) is 24.8 Å². The average Bonchev–Trinajstić information content (AvgIpc) is 1.79. The summed E-state index contributed by atoms with van der Waals surface area (Å²) >= 11 is 11.7. The van der Waals surface area contributed by atoms with Crippen molar-refractivity contribution in [2.24, 2.45) is 11.5 Å². The average molecular weight is 214 g/mol. The van der Waals surface area contributed by atoms with Crippen molar-refractivity contribution in [1.82, 2.24) is 0 Å². The van der Waals surface area contributed by atoms with Gasteiger partial charge in [0.15, 0.2) is 0 Å². The van der Waals surface area contributed by atoms with Crippen molar-refractivity contribution in [1.29, 1.82) is 0 Å². The molecular weight excluding hydrogens is 204 g/mol. The highest BCUT2D eigenvalue weighted by Crippen LogP contribution is 2.11. The maximum atomic E-state index is 5.36. The first-order valence-corrected chi connectivity index (χ1v) is 5.56. The molecule has 0 aliphatic rings. The zero-order chi connectivity index (χ0) is 7.98. The Balaban J connectivity index is 2.98. The van der Waals surface area contributed by atoms with Gasteiger partial charge in [-0.05, 0) is 0 Å². The third kappa shape index (κ3) is 8.90. The Labute approximate surface area is 80.3 Å². The molecule has 60 valence electrons. The van der Waals surface area contributed by atoms with Crippen molar-refractivity contribution in [3.8, 4) is 0 Å². The van der Waals surface area contributed by atoms with Crippen molar-refractivity contribution < 1.29 is 0 Å². The first kappa shape index (κ1) is 10.9. The molecule has 0 fully saturated rings. The van der Waals surface area contributed by atoms with Crippen molar-refractivity contribution in [2.45, 2.75) is 4.71 Å². The van der Waals surface area contributed by atoms with Gasteiger partial charge in [-0.15, -0.1) is 24.4 Å². The number of thiocarbonyl (C=S) groups is 1. The van der Waals surface area contributed by atoms with E-state index in [0.717, 1.165) is 11.5 Å². The molecule has 0 heterocycles. The predicted molar refractivity (Wildman–Crippen MR) is 58.7 cm³/mol. The molecule has 10 heavy (non-hydrogen) atoms. The molecule has 0 aliphatic carbocycles. The molecule has 0 aromatic rings. The molecule has 0 rings (SSSR count). The maximum absolute atomic E-state index is 5.36. The van der Waals surface area contributed by atoms with Gasteiger partial charge in [-0.3, -0.25) is 0 Å². The molecule has 0 spiro atoms. The summed E-state index contributed by atoms with van der Waals surface area (Å²) in [4.78, 5) is 0. The second-order valence-electron chi connectivity index (χ2n) is 1.43. The molecule has 0 aliphatic heterocycles. The molecule has 1 unspecified atom stereocenters. The van der Waals surface area contributed by atoms with Crippen LogP contribution in [0.15, 0.2) is 0 Å². The summed E-state index contributed by atoms with van der Waals surface area (Å²) in [6.45, 7) is 0. The number of hydrogen-bond donors (Lipinski definition) is 3. The molecule has 0 amide bonds. The number of rotatable bonds is 4. The molecule has 0 saturated heterocycles. The van der Waals surface area contributed by atoms with Gasteiger partial charge in [0.05, 0.1) is 4.71 Å². The first-order valence-electron chi connectivity index (χ1n) is 2.60. The lowest BCUT2D eigenvalue weighted by atomic mass is 11.0. The van der Waals surface area contributed by atoms with Gasteiger partial charge in [0, 0.05) is 11.5 Å². The van der Waals surface area contributed by atoms with E-state index in [0.29, 0.717) is 4.32 Å². The fraction of sp³-hybridized carbons (Fsp3) is 0.750. The van der Waals surface area contributed by atoms with Crippen LogP contribution in [0.4, 0.5) is 0 Å². The summed E-state index contributed by atoms with van der Waals surface area (Å²) in [5, 5.41) is 0. The minimum atomic E-state index is -0.0908. The Hall–Kier alpha value is 0.900. The van der Waals surface area contributed by atoms with Gasteiger partial charge >= 0.3 is 0 Å². The van der Waals surface area contributed by atoms with E-state index < -0.39 is 0 Å². The van der Waals surface area contributed by atoms with E-state index in [1.807, 2.05) is 0 Å². The van der Waals surface area contributed by atoms with E-state index in [1.54, 1.807) is 11.8 Å². The van der Waals surface area contributed by atoms with Crippen molar-refractivity contribution in [3.63, 3.8) is 0 Å². The van der Waals surface area contributed by atoms with E-state index in [-0.39, 0.29) is 4.71 Å². The molecule has 0 aromatic heterocycles. The topological polar surface area (TPSA) is 52.0 Å². The van der Waals surface area contributed by atoms with Crippen molar-refractivity contribution in [2.75, 3.05) is 11.5 Å². The maximum Gasteiger partial charge on any atom is 0.131 e. The largest absolute Gasteiger partial charge is 0.385 e. The Morgan fingerprint density at radius 3 is 2.60 bits per heavy atom. The molecule has 1 atom stereocenters. The third-order valence-corrected chi connectivity index (χ3v) is 3.15. The zero-order valence-electron chi connectivity index (χ0n) is 5.32. The summed E-state index contributed by atoms with van der Waals surface area (Å²) < 4.78 is 0.403. The van der Waals surface area contributed by atoms with E-state index in [4.69, 9.17) is 11.5 Å². The van der Waals surface area contributed by atoms with Gasteiger partial charge in [-0.1, -0.05) is 24.0 Å². The summed E-state index contributed by atoms with van der Waals surface area (Å²) in [5.41, 5.74) is 10.6. The van der Waals surface area contributed by atoms with Crippen LogP contribution in [0.1, 0.15) is 0 Å². The Morgan fingerprint density at radius 2 is 2.20 bits per heavy atom. The van der Waals surface area contributed by atoms with Crippen molar-refractivity contribution >= 4 is 52.7 Å². The van der Waals surface area contributed by atoms with Gasteiger partial charge in [0.25, 0.3) is 0 Å². The summed E-state index contributed by atoms with van der Waals surface area (Å²) in [6, 6.07) is 0. The third-order valence-electron chi connectivity index (χ3n) is 0.616. The van der Waals surface area contributed by atoms with Crippen LogP contribution in [0.2, 0.25) is 0 Å². The van der Waals surface area contributed by atoms with E-state index in [1.165, 1.54) is 11.8 Å². The molecule has 4 N–H and O–H groups in total. The molecule has 6 heteroatoms. The quantitative estimate of drug-likeness (QED) is 0.281. The first-order chi connectivity index (χ1) is 4.63. The normalized spacial score (nSPS) is 13.0. The standard InChI is InChI=1S/C4H10N2S4/c5-3(7)9-1-2-10-4(6)8/h3,7H,1-2,5H2,(H2,6,8). The SMILES string of the molecule is NC(=S)SCCSC(N)S. The smallest absolute Gasteiger partial charge is 0.131 e. The lowest BCUT2D eigenvalue weighted by Crippen LogP contribution is -2.09. The Bertz CT molecular complexity index is 105. The molecule has 0 aromatic carbocycles. The molecular formula is C4H10N2S4. The molecule has 0 radical (unpaired) electrons. The highest BCUT2D eigenvalue weighted by atomic mass is 32.2. The number of hydrogen-bond acceptors (Lipinski definition) is 5. The molecule has 0 saturated carbocycles. The minimum Gasteiger partial charge on any atom is -0.385 e. The van der Waals surface area contributed by atoms with E-state index in [9.17, 15) is 0 Å². The molecule has 0 bridgehead atoms. The lowest BCUT2D eigenvalue weighted by Gasteiger charge is -2.01. The molecule has 2 nitrogen and oxygen atoms in total. The minimum absolute atomic E-state index is 0.0908. The fourth-order valence-electron chi connectivity index (χ4n) is 0.311. The second-order valence-corrected chi connectivity index (χ2v) is 5.42. The van der Waals surface area contributed by atoms with Gasteiger partial charge in [-0.2, -0.15) is 0 Å². The number of thiol groups is 1. The van der Waals surface area contributed by atoms with Gasteiger partial charge < -0.3 is 11.5 Å². The van der Waals surface area contributed by atoms with Crippen LogP contribution >= 0.6 is 48.4 Å². The number of thioether (sulfide) groups is 2. The highest BCUT2D eigenvalue weighted by Gasteiger charge is 1.95. The van der Waals surface area contributed by atoms with Crippen LogP contribution in [0.25, 0.3) is 0 Å². The Morgan fingerprint density at radius 1 is 1.60 bits per heavy atom. The van der Waals surface area contributed by atoms with Gasteiger partial charge in [0.1, 0.15) is 4.32 Å². The van der Waals surface area contributed by atoms with E-state index >= 15 is 0 Å². The zero-order valence-corrected chi connectivity index (χ0v) is 8.66. The van der Waals surface area contributed by atoms with Gasteiger partial charge in [0.2, 0.25) is 0 Å².